The fraction of sp³-hybridized carbons (Fsp3) is 0.0500. The fourth-order valence-electron chi connectivity index (χ4n) is 2.18. The Labute approximate surface area is 148 Å². The number of carboxylic acids is 1. The lowest BCUT2D eigenvalue weighted by molar-refractivity contribution is 0.0690. The molecule has 0 bridgehead atoms. The molecule has 0 aliphatic rings. The van der Waals surface area contributed by atoms with Gasteiger partial charge in [0.25, 0.3) is 0 Å². The van der Waals surface area contributed by atoms with E-state index in [1.54, 1.807) is 0 Å². The molecule has 0 atom stereocenters. The number of halogens is 3. The minimum Gasteiger partial charge on any atom is -0.491 e. The van der Waals surface area contributed by atoms with Gasteiger partial charge >= 0.3 is 5.97 Å². The molecule has 0 aliphatic carbocycles. The first-order chi connectivity index (χ1) is 12.5. The van der Waals surface area contributed by atoms with Crippen LogP contribution in [0.2, 0.25) is 0 Å². The molecule has 3 aromatic rings. The minimum atomic E-state index is -1.69. The maximum Gasteiger partial charge on any atom is 0.338 e. The van der Waals surface area contributed by atoms with Crippen molar-refractivity contribution in [3.63, 3.8) is 0 Å². The third-order valence-corrected chi connectivity index (χ3v) is 3.43. The average Bonchev–Trinajstić information content (AvgIpc) is 2.67. The number of rotatable bonds is 3. The maximum atomic E-state index is 13.1. The van der Waals surface area contributed by atoms with E-state index in [1.807, 2.05) is 12.1 Å². The van der Waals surface area contributed by atoms with E-state index in [-0.39, 0.29) is 6.07 Å². The van der Waals surface area contributed by atoms with Gasteiger partial charge in [0.2, 0.25) is 5.82 Å². The molecule has 0 radical (unpaired) electrons. The predicted molar refractivity (Wildman–Crippen MR) is 91.7 cm³/mol. The van der Waals surface area contributed by atoms with Crippen LogP contribution in [0.1, 0.15) is 10.4 Å². The van der Waals surface area contributed by atoms with E-state index in [0.29, 0.717) is 0 Å². The number of methoxy groups -OCH3 is 1. The third-order valence-electron chi connectivity index (χ3n) is 3.43. The number of carbonyl (C=O) groups is 1. The Morgan fingerprint density at radius 1 is 0.846 bits per heavy atom. The molecule has 1 N–H and O–H groups in total. The van der Waals surface area contributed by atoms with Crippen molar-refractivity contribution >= 4 is 5.97 Å². The van der Waals surface area contributed by atoms with Gasteiger partial charge in [0.15, 0.2) is 17.4 Å². The highest BCUT2D eigenvalue weighted by Gasteiger charge is 2.22. The second kappa shape index (κ2) is 8.71. The van der Waals surface area contributed by atoms with Gasteiger partial charge in [-0.05, 0) is 17.2 Å². The summed E-state index contributed by atoms with van der Waals surface area (Å²) in [4.78, 5) is 10.4. The predicted octanol–water partition coefficient (Wildman–Crippen LogP) is 5.16. The summed E-state index contributed by atoms with van der Waals surface area (Å²) in [7, 11) is 0.909. The van der Waals surface area contributed by atoms with Crippen LogP contribution in [0.4, 0.5) is 13.2 Å². The van der Waals surface area contributed by atoms with Crippen LogP contribution in [0.5, 0.6) is 5.75 Å². The standard InChI is InChI=1S/C12H10.C8H5F3O3/c1-3-7-11(8-4-1)12-9-5-2-6-10-12;1-14-7-5(10)3(8(12)13)2-4(9)6(7)11/h1-10H;2H,1H3,(H,12,13). The second-order valence-electron chi connectivity index (χ2n) is 5.10. The Balaban J connectivity index is 0.000000189. The van der Waals surface area contributed by atoms with Crippen LogP contribution >= 0.6 is 0 Å². The number of hydrogen-bond donors (Lipinski definition) is 1. The first-order valence-corrected chi connectivity index (χ1v) is 7.51. The summed E-state index contributed by atoms with van der Waals surface area (Å²) >= 11 is 0. The Morgan fingerprint density at radius 3 is 1.69 bits per heavy atom. The summed E-state index contributed by atoms with van der Waals surface area (Å²) in [5.41, 5.74) is 1.58. The van der Waals surface area contributed by atoms with Gasteiger partial charge in [-0.3, -0.25) is 0 Å². The molecule has 134 valence electrons. The topological polar surface area (TPSA) is 46.5 Å². The van der Waals surface area contributed by atoms with Crippen molar-refractivity contribution in [2.75, 3.05) is 7.11 Å². The molecule has 0 saturated carbocycles. The van der Waals surface area contributed by atoms with Crippen LogP contribution in [-0.4, -0.2) is 18.2 Å². The Morgan fingerprint density at radius 2 is 1.31 bits per heavy atom. The Bertz CT molecular complexity index is 844. The van der Waals surface area contributed by atoms with Crippen LogP contribution in [0.15, 0.2) is 66.7 Å². The number of hydrogen-bond acceptors (Lipinski definition) is 2. The van der Waals surface area contributed by atoms with Crippen molar-refractivity contribution in [2.45, 2.75) is 0 Å². The minimum absolute atomic E-state index is 0.259. The normalized spacial score (nSPS) is 9.85. The summed E-state index contributed by atoms with van der Waals surface area (Å²) in [6, 6.07) is 21.0. The first-order valence-electron chi connectivity index (χ1n) is 7.51. The number of carboxylic acid groups (broad SMARTS) is 1. The van der Waals surface area contributed by atoms with E-state index in [9.17, 15) is 18.0 Å². The quantitative estimate of drug-likeness (QED) is 0.656. The van der Waals surface area contributed by atoms with Crippen molar-refractivity contribution < 1.29 is 27.8 Å². The van der Waals surface area contributed by atoms with Crippen molar-refractivity contribution in [2.24, 2.45) is 0 Å². The molecule has 0 aromatic heterocycles. The van der Waals surface area contributed by atoms with Gasteiger partial charge in [0.1, 0.15) is 5.56 Å². The Hall–Kier alpha value is -3.28. The summed E-state index contributed by atoms with van der Waals surface area (Å²) in [6.07, 6.45) is 0. The fourth-order valence-corrected chi connectivity index (χ4v) is 2.18. The van der Waals surface area contributed by atoms with Gasteiger partial charge in [-0.15, -0.1) is 0 Å². The van der Waals surface area contributed by atoms with E-state index in [0.717, 1.165) is 7.11 Å². The first kappa shape index (κ1) is 19.1. The molecular formula is C20H15F3O3. The molecule has 3 nitrogen and oxygen atoms in total. The zero-order chi connectivity index (χ0) is 19.1. The molecule has 6 heteroatoms. The zero-order valence-electron chi connectivity index (χ0n) is 13.7. The largest absolute Gasteiger partial charge is 0.491 e. The van der Waals surface area contributed by atoms with Crippen molar-refractivity contribution in [1.29, 1.82) is 0 Å². The van der Waals surface area contributed by atoms with Crippen LogP contribution < -0.4 is 4.74 Å². The summed E-state index contributed by atoms with van der Waals surface area (Å²) in [5.74, 6) is -7.18. The second-order valence-corrected chi connectivity index (χ2v) is 5.10. The SMILES string of the molecule is COc1c(F)c(F)cc(C(=O)O)c1F.c1ccc(-c2ccccc2)cc1. The van der Waals surface area contributed by atoms with Gasteiger partial charge in [-0.1, -0.05) is 60.7 Å². The molecule has 3 rings (SSSR count). The lowest BCUT2D eigenvalue weighted by Gasteiger charge is -2.06. The van der Waals surface area contributed by atoms with Crippen molar-refractivity contribution in [3.05, 3.63) is 89.7 Å². The summed E-state index contributed by atoms with van der Waals surface area (Å²) in [6.45, 7) is 0. The summed E-state index contributed by atoms with van der Waals surface area (Å²) < 4.78 is 42.7. The molecular weight excluding hydrogens is 345 g/mol. The van der Waals surface area contributed by atoms with Crippen LogP contribution in [0, 0.1) is 17.5 Å². The molecule has 3 aromatic carbocycles. The van der Waals surface area contributed by atoms with Gasteiger partial charge in [-0.2, -0.15) is 4.39 Å². The van der Waals surface area contributed by atoms with Crippen LogP contribution in [-0.2, 0) is 0 Å². The molecule has 0 spiro atoms. The highest BCUT2D eigenvalue weighted by molar-refractivity contribution is 5.88. The number of ether oxygens (including phenoxy) is 1. The smallest absolute Gasteiger partial charge is 0.338 e. The third kappa shape index (κ3) is 4.42. The van der Waals surface area contributed by atoms with Crippen molar-refractivity contribution in [1.82, 2.24) is 0 Å². The van der Waals surface area contributed by atoms with Crippen molar-refractivity contribution in [3.8, 4) is 16.9 Å². The van der Waals surface area contributed by atoms with Crippen LogP contribution in [0.3, 0.4) is 0 Å². The molecule has 0 fully saturated rings. The molecule has 0 saturated heterocycles. The lowest BCUT2D eigenvalue weighted by Crippen LogP contribution is -2.06. The molecule has 26 heavy (non-hydrogen) atoms. The lowest BCUT2D eigenvalue weighted by atomic mass is 10.1. The van der Waals surface area contributed by atoms with Gasteiger partial charge in [0.05, 0.1) is 7.11 Å². The van der Waals surface area contributed by atoms with E-state index in [1.165, 1.54) is 11.1 Å². The van der Waals surface area contributed by atoms with E-state index in [4.69, 9.17) is 5.11 Å². The summed E-state index contributed by atoms with van der Waals surface area (Å²) in [5, 5.41) is 8.42. The van der Waals surface area contributed by atoms with E-state index in [2.05, 4.69) is 53.3 Å². The van der Waals surface area contributed by atoms with Gasteiger partial charge < -0.3 is 9.84 Å². The zero-order valence-corrected chi connectivity index (χ0v) is 13.7. The monoisotopic (exact) mass is 360 g/mol. The van der Waals surface area contributed by atoms with E-state index < -0.39 is 34.7 Å². The molecule has 0 heterocycles. The number of aromatic carboxylic acids is 1. The molecule has 0 aliphatic heterocycles. The number of benzene rings is 3. The highest BCUT2D eigenvalue weighted by Crippen LogP contribution is 2.26. The average molecular weight is 360 g/mol. The van der Waals surface area contributed by atoms with Gasteiger partial charge in [-0.25, -0.2) is 13.6 Å². The van der Waals surface area contributed by atoms with E-state index >= 15 is 0 Å². The maximum absolute atomic E-state index is 13.1. The molecule has 0 unspecified atom stereocenters. The Kier molecular flexibility index (Phi) is 6.38. The highest BCUT2D eigenvalue weighted by atomic mass is 19.2. The van der Waals surface area contributed by atoms with Gasteiger partial charge in [0, 0.05) is 0 Å². The van der Waals surface area contributed by atoms with Crippen LogP contribution in [0.25, 0.3) is 11.1 Å². The molecule has 0 amide bonds.